The highest BCUT2D eigenvalue weighted by Crippen LogP contribution is 2.29. The zero-order chi connectivity index (χ0) is 18.5. The average Bonchev–Trinajstić information content (AvgIpc) is 3.17. The van der Waals surface area contributed by atoms with E-state index in [-0.39, 0.29) is 5.95 Å². The lowest BCUT2D eigenvalue weighted by molar-refractivity contribution is -0.138. The van der Waals surface area contributed by atoms with E-state index in [0.29, 0.717) is 27.8 Å². The molecule has 0 radical (unpaired) electrons. The Morgan fingerprint density at radius 1 is 1.19 bits per heavy atom. The third kappa shape index (κ3) is 2.72. The summed E-state index contributed by atoms with van der Waals surface area (Å²) in [6, 6.07) is 1.66. The highest BCUT2D eigenvalue weighted by molar-refractivity contribution is 5.93. The number of nitrogens with zero attached hydrogens (tertiary/aromatic N) is 4. The number of alkyl halides is 3. The van der Waals surface area contributed by atoms with Crippen LogP contribution in [0.3, 0.4) is 0 Å². The SMILES string of the molecule is CC(Nc1ncc2c(-c3ccc4ncc(F)n4c3)c[nH]c2n1)C(F)(F)F. The molecule has 10 heteroatoms. The minimum Gasteiger partial charge on any atom is -0.345 e. The van der Waals surface area contributed by atoms with Crippen molar-refractivity contribution in [1.82, 2.24) is 24.3 Å². The molecule has 4 aromatic heterocycles. The Balaban J connectivity index is 1.71. The van der Waals surface area contributed by atoms with Gasteiger partial charge in [-0.25, -0.2) is 9.97 Å². The molecule has 4 aromatic rings. The average molecular weight is 364 g/mol. The van der Waals surface area contributed by atoms with Crippen LogP contribution >= 0.6 is 0 Å². The van der Waals surface area contributed by atoms with Gasteiger partial charge in [-0.2, -0.15) is 22.5 Å². The zero-order valence-corrected chi connectivity index (χ0v) is 13.3. The number of imidazole rings is 1. The van der Waals surface area contributed by atoms with Crippen molar-refractivity contribution in [3.05, 3.63) is 42.9 Å². The van der Waals surface area contributed by atoms with Crippen molar-refractivity contribution in [2.75, 3.05) is 5.32 Å². The van der Waals surface area contributed by atoms with Gasteiger partial charge in [0, 0.05) is 35.1 Å². The van der Waals surface area contributed by atoms with Crippen molar-refractivity contribution in [3.63, 3.8) is 0 Å². The van der Waals surface area contributed by atoms with E-state index in [1.54, 1.807) is 24.5 Å². The van der Waals surface area contributed by atoms with E-state index >= 15 is 0 Å². The highest BCUT2D eigenvalue weighted by atomic mass is 19.4. The molecule has 4 rings (SSSR count). The summed E-state index contributed by atoms with van der Waals surface area (Å²) in [6.07, 6.45) is 1.37. The first-order valence-corrected chi connectivity index (χ1v) is 7.63. The Bertz CT molecular complexity index is 1100. The minimum atomic E-state index is -4.40. The summed E-state index contributed by atoms with van der Waals surface area (Å²) in [5.74, 6) is -0.627. The predicted octanol–water partition coefficient (Wildman–Crippen LogP) is 3.77. The molecule has 0 bridgehead atoms. The lowest BCUT2D eigenvalue weighted by Crippen LogP contribution is -2.33. The Morgan fingerprint density at radius 3 is 2.77 bits per heavy atom. The Hall–Kier alpha value is -3.17. The molecule has 0 spiro atoms. The molecule has 6 nitrogen and oxygen atoms in total. The lowest BCUT2D eigenvalue weighted by Gasteiger charge is -2.16. The van der Waals surface area contributed by atoms with Gasteiger partial charge >= 0.3 is 6.18 Å². The molecule has 1 unspecified atom stereocenters. The van der Waals surface area contributed by atoms with E-state index in [0.717, 1.165) is 13.1 Å². The van der Waals surface area contributed by atoms with E-state index < -0.39 is 18.2 Å². The molecule has 0 fully saturated rings. The van der Waals surface area contributed by atoms with Crippen LogP contribution in [0.2, 0.25) is 0 Å². The lowest BCUT2D eigenvalue weighted by atomic mass is 10.1. The van der Waals surface area contributed by atoms with Gasteiger partial charge in [0.15, 0.2) is 0 Å². The number of rotatable bonds is 3. The predicted molar refractivity (Wildman–Crippen MR) is 87.2 cm³/mol. The fraction of sp³-hybridized carbons (Fsp3) is 0.188. The van der Waals surface area contributed by atoms with Gasteiger partial charge in [-0.3, -0.25) is 4.40 Å². The van der Waals surface area contributed by atoms with Gasteiger partial charge in [0.05, 0.1) is 6.20 Å². The third-order valence-electron chi connectivity index (χ3n) is 4.04. The largest absolute Gasteiger partial charge is 0.408 e. The van der Waals surface area contributed by atoms with Gasteiger partial charge in [0.2, 0.25) is 11.9 Å². The first kappa shape index (κ1) is 16.3. The monoisotopic (exact) mass is 364 g/mol. The molecule has 4 heterocycles. The van der Waals surface area contributed by atoms with Crippen LogP contribution in [0, 0.1) is 5.95 Å². The van der Waals surface area contributed by atoms with Gasteiger partial charge in [0.25, 0.3) is 0 Å². The van der Waals surface area contributed by atoms with Crippen LogP contribution in [-0.2, 0) is 0 Å². The number of aromatic nitrogens is 5. The summed E-state index contributed by atoms with van der Waals surface area (Å²) >= 11 is 0. The van der Waals surface area contributed by atoms with E-state index in [2.05, 4.69) is 25.3 Å². The number of aromatic amines is 1. The Kier molecular flexibility index (Phi) is 3.56. The van der Waals surface area contributed by atoms with Crippen LogP contribution in [0.4, 0.5) is 23.5 Å². The third-order valence-corrected chi connectivity index (χ3v) is 4.04. The van der Waals surface area contributed by atoms with Gasteiger partial charge < -0.3 is 10.3 Å². The zero-order valence-electron chi connectivity index (χ0n) is 13.3. The number of anilines is 1. The molecule has 1 atom stereocenters. The maximum absolute atomic E-state index is 13.7. The van der Waals surface area contributed by atoms with E-state index in [1.807, 2.05) is 0 Å². The van der Waals surface area contributed by atoms with Crippen molar-refractivity contribution in [2.24, 2.45) is 0 Å². The quantitative estimate of drug-likeness (QED) is 0.543. The van der Waals surface area contributed by atoms with Gasteiger partial charge in [0.1, 0.15) is 17.3 Å². The fourth-order valence-electron chi connectivity index (χ4n) is 2.60. The van der Waals surface area contributed by atoms with Gasteiger partial charge in [-0.1, -0.05) is 0 Å². The molecular weight excluding hydrogens is 352 g/mol. The Morgan fingerprint density at radius 2 is 2.00 bits per heavy atom. The van der Waals surface area contributed by atoms with Crippen LogP contribution in [0.25, 0.3) is 27.8 Å². The number of pyridine rings is 1. The normalized spacial score (nSPS) is 13.4. The first-order valence-electron chi connectivity index (χ1n) is 7.63. The molecule has 2 N–H and O–H groups in total. The Labute approximate surface area is 143 Å². The van der Waals surface area contributed by atoms with Crippen LogP contribution in [0.5, 0.6) is 0 Å². The molecule has 0 aromatic carbocycles. The van der Waals surface area contributed by atoms with Crippen molar-refractivity contribution in [3.8, 4) is 11.1 Å². The second kappa shape index (κ2) is 5.68. The van der Waals surface area contributed by atoms with E-state index in [4.69, 9.17) is 0 Å². The molecular formula is C16H12F4N6. The highest BCUT2D eigenvalue weighted by Gasteiger charge is 2.36. The van der Waals surface area contributed by atoms with Crippen LogP contribution in [0.15, 0.2) is 36.9 Å². The summed E-state index contributed by atoms with van der Waals surface area (Å²) in [4.78, 5) is 14.8. The summed E-state index contributed by atoms with van der Waals surface area (Å²) in [5, 5.41) is 2.83. The maximum atomic E-state index is 13.7. The fourth-order valence-corrected chi connectivity index (χ4v) is 2.60. The van der Waals surface area contributed by atoms with Crippen LogP contribution in [0.1, 0.15) is 6.92 Å². The molecule has 0 aliphatic rings. The first-order chi connectivity index (χ1) is 12.3. The van der Waals surface area contributed by atoms with Crippen molar-refractivity contribution in [1.29, 1.82) is 0 Å². The number of hydrogen-bond donors (Lipinski definition) is 2. The topological polar surface area (TPSA) is 70.9 Å². The van der Waals surface area contributed by atoms with E-state index in [1.165, 1.54) is 10.6 Å². The molecule has 0 saturated heterocycles. The number of hydrogen-bond acceptors (Lipinski definition) is 4. The summed E-state index contributed by atoms with van der Waals surface area (Å²) in [7, 11) is 0. The molecule has 0 aliphatic heterocycles. The van der Waals surface area contributed by atoms with Crippen molar-refractivity contribution < 1.29 is 17.6 Å². The van der Waals surface area contributed by atoms with Crippen molar-refractivity contribution >= 4 is 22.6 Å². The van der Waals surface area contributed by atoms with Crippen LogP contribution in [-0.4, -0.2) is 36.6 Å². The number of fused-ring (bicyclic) bond motifs is 2. The summed E-state index contributed by atoms with van der Waals surface area (Å²) in [6.45, 7) is 0.989. The molecule has 134 valence electrons. The molecule has 0 aliphatic carbocycles. The second-order valence-corrected chi connectivity index (χ2v) is 5.79. The summed E-state index contributed by atoms with van der Waals surface area (Å²) in [5.41, 5.74) is 2.23. The van der Waals surface area contributed by atoms with Gasteiger partial charge in [-0.05, 0) is 19.1 Å². The minimum absolute atomic E-state index is 0.133. The van der Waals surface area contributed by atoms with Crippen LogP contribution < -0.4 is 5.32 Å². The molecule has 26 heavy (non-hydrogen) atoms. The van der Waals surface area contributed by atoms with Gasteiger partial charge in [-0.15, -0.1) is 0 Å². The standard InChI is InChI=1S/C16H12F4N6/c1-8(16(18,19)20)24-15-23-5-11-10(4-22-14(11)25-15)9-2-3-13-21-6-12(17)26(13)7-9/h2-8H,1H3,(H2,22,23,24,25). The number of nitrogens with one attached hydrogen (secondary N) is 2. The smallest absolute Gasteiger partial charge is 0.345 e. The second-order valence-electron chi connectivity index (χ2n) is 5.79. The molecule has 0 amide bonds. The maximum Gasteiger partial charge on any atom is 0.408 e. The number of halogens is 4. The van der Waals surface area contributed by atoms with E-state index in [9.17, 15) is 17.6 Å². The summed E-state index contributed by atoms with van der Waals surface area (Å²) < 4.78 is 53.0. The molecule has 0 saturated carbocycles. The van der Waals surface area contributed by atoms with Crippen molar-refractivity contribution in [2.45, 2.75) is 19.1 Å². The number of H-pyrrole nitrogens is 1.